The topological polar surface area (TPSA) is 64.9 Å². The number of nitrogens with two attached hydrogens (primary N) is 1. The van der Waals surface area contributed by atoms with Gasteiger partial charge in [-0.1, -0.05) is 42.1 Å². The molecular weight excluding hydrogens is 293 g/mol. The number of hydrogen-bond acceptors (Lipinski definition) is 4. The Balaban J connectivity index is 1.82. The number of benzene rings is 1. The molecular formula is C15H17ClFN3O. The first kappa shape index (κ1) is 14.5. The molecule has 0 unspecified atom stereocenters. The summed E-state index contributed by atoms with van der Waals surface area (Å²) in [4.78, 5) is 4.36. The summed E-state index contributed by atoms with van der Waals surface area (Å²) in [5.74, 6) is 0.486. The molecule has 2 N–H and O–H groups in total. The van der Waals surface area contributed by atoms with Crippen LogP contribution in [0.5, 0.6) is 0 Å². The molecule has 1 saturated carbocycles. The second-order valence-corrected chi connectivity index (χ2v) is 6.01. The summed E-state index contributed by atoms with van der Waals surface area (Å²) >= 11 is 6.01. The Morgan fingerprint density at radius 2 is 2.05 bits per heavy atom. The van der Waals surface area contributed by atoms with Crippen LogP contribution in [0.1, 0.15) is 49.4 Å². The van der Waals surface area contributed by atoms with Gasteiger partial charge >= 0.3 is 0 Å². The SMILES string of the molecule is NC1(c2noc(Cc3c(F)cccc3Cl)n2)CCCCC1. The van der Waals surface area contributed by atoms with Crippen molar-refractivity contribution < 1.29 is 8.91 Å². The zero-order chi connectivity index (χ0) is 14.9. The van der Waals surface area contributed by atoms with Gasteiger partial charge in [0, 0.05) is 10.6 Å². The number of nitrogens with zero attached hydrogens (tertiary/aromatic N) is 2. The summed E-state index contributed by atoms with van der Waals surface area (Å²) in [6.45, 7) is 0. The third kappa shape index (κ3) is 2.94. The van der Waals surface area contributed by atoms with Gasteiger partial charge in [0.1, 0.15) is 5.82 Å². The van der Waals surface area contributed by atoms with Crippen molar-refractivity contribution in [1.82, 2.24) is 10.1 Å². The highest BCUT2D eigenvalue weighted by Crippen LogP contribution is 2.33. The maximum absolute atomic E-state index is 13.8. The molecule has 1 fully saturated rings. The van der Waals surface area contributed by atoms with E-state index in [0.717, 1.165) is 25.7 Å². The Labute approximate surface area is 127 Å². The molecule has 3 rings (SSSR count). The van der Waals surface area contributed by atoms with Crippen molar-refractivity contribution in [2.75, 3.05) is 0 Å². The fourth-order valence-corrected chi connectivity index (χ4v) is 3.02. The van der Waals surface area contributed by atoms with Crippen LogP contribution in [0, 0.1) is 5.82 Å². The van der Waals surface area contributed by atoms with Crippen molar-refractivity contribution in [3.63, 3.8) is 0 Å². The minimum atomic E-state index is -0.515. The maximum atomic E-state index is 13.8. The van der Waals surface area contributed by atoms with Gasteiger partial charge in [0.05, 0.1) is 12.0 Å². The highest BCUT2D eigenvalue weighted by atomic mass is 35.5. The molecule has 1 aliphatic carbocycles. The van der Waals surface area contributed by atoms with Gasteiger partial charge in [0.15, 0.2) is 5.82 Å². The molecule has 0 radical (unpaired) electrons. The van der Waals surface area contributed by atoms with E-state index in [1.807, 2.05) is 0 Å². The summed E-state index contributed by atoms with van der Waals surface area (Å²) in [6.07, 6.45) is 5.21. The van der Waals surface area contributed by atoms with Crippen molar-refractivity contribution in [3.8, 4) is 0 Å². The van der Waals surface area contributed by atoms with Crippen LogP contribution < -0.4 is 5.73 Å². The van der Waals surface area contributed by atoms with Crippen molar-refractivity contribution in [2.45, 2.75) is 44.1 Å². The van der Waals surface area contributed by atoms with E-state index in [0.29, 0.717) is 22.3 Å². The Hall–Kier alpha value is -1.46. The summed E-state index contributed by atoms with van der Waals surface area (Å²) < 4.78 is 19.0. The number of rotatable bonds is 3. The predicted molar refractivity (Wildman–Crippen MR) is 77.5 cm³/mol. The summed E-state index contributed by atoms with van der Waals surface area (Å²) in [5.41, 5.74) is 6.21. The Morgan fingerprint density at radius 1 is 1.29 bits per heavy atom. The van der Waals surface area contributed by atoms with Crippen LogP contribution in [0.2, 0.25) is 5.02 Å². The van der Waals surface area contributed by atoms with Gasteiger partial charge in [0.2, 0.25) is 5.89 Å². The molecule has 0 amide bonds. The highest BCUT2D eigenvalue weighted by molar-refractivity contribution is 6.31. The van der Waals surface area contributed by atoms with Gasteiger partial charge in [-0.15, -0.1) is 0 Å². The van der Waals surface area contributed by atoms with Gasteiger partial charge in [-0.3, -0.25) is 0 Å². The van der Waals surface area contributed by atoms with Crippen molar-refractivity contribution in [1.29, 1.82) is 0 Å². The lowest BCUT2D eigenvalue weighted by molar-refractivity contribution is 0.273. The molecule has 1 heterocycles. The Bertz CT molecular complexity index is 617. The molecule has 1 aromatic carbocycles. The lowest BCUT2D eigenvalue weighted by Crippen LogP contribution is -2.39. The van der Waals surface area contributed by atoms with E-state index in [4.69, 9.17) is 21.9 Å². The Morgan fingerprint density at radius 3 is 2.76 bits per heavy atom. The van der Waals surface area contributed by atoms with E-state index in [9.17, 15) is 4.39 Å². The van der Waals surface area contributed by atoms with E-state index >= 15 is 0 Å². The largest absolute Gasteiger partial charge is 0.339 e. The Kier molecular flexibility index (Phi) is 3.95. The number of aromatic nitrogens is 2. The van der Waals surface area contributed by atoms with Crippen LogP contribution >= 0.6 is 11.6 Å². The minimum absolute atomic E-state index is 0.175. The molecule has 0 aliphatic heterocycles. The van der Waals surface area contributed by atoms with E-state index in [-0.39, 0.29) is 12.2 Å². The molecule has 112 valence electrons. The number of hydrogen-bond donors (Lipinski definition) is 1. The van der Waals surface area contributed by atoms with E-state index in [1.165, 1.54) is 12.5 Å². The van der Waals surface area contributed by atoms with Crippen LogP contribution in [0.25, 0.3) is 0 Å². The standard InChI is InChI=1S/C15H17ClFN3O/c16-11-5-4-6-12(17)10(11)9-13-19-14(20-21-13)15(18)7-2-1-3-8-15/h4-6H,1-3,7-9,18H2. The molecule has 2 aromatic rings. The molecule has 1 aliphatic rings. The monoisotopic (exact) mass is 309 g/mol. The minimum Gasteiger partial charge on any atom is -0.339 e. The first-order valence-corrected chi connectivity index (χ1v) is 7.51. The molecule has 0 atom stereocenters. The zero-order valence-electron chi connectivity index (χ0n) is 11.6. The summed E-state index contributed by atoms with van der Waals surface area (Å²) in [6, 6.07) is 4.57. The van der Waals surface area contributed by atoms with E-state index < -0.39 is 5.54 Å². The lowest BCUT2D eigenvalue weighted by Gasteiger charge is -2.29. The second kappa shape index (κ2) is 5.73. The molecule has 0 saturated heterocycles. The van der Waals surface area contributed by atoms with Crippen molar-refractivity contribution in [3.05, 3.63) is 46.3 Å². The van der Waals surface area contributed by atoms with Gasteiger partial charge in [-0.2, -0.15) is 4.98 Å². The first-order valence-electron chi connectivity index (χ1n) is 7.13. The van der Waals surface area contributed by atoms with Gasteiger partial charge in [0.25, 0.3) is 0 Å². The van der Waals surface area contributed by atoms with Crippen LogP contribution in [0.3, 0.4) is 0 Å². The molecule has 0 bridgehead atoms. The molecule has 0 spiro atoms. The van der Waals surface area contributed by atoms with Crippen LogP contribution in [-0.2, 0) is 12.0 Å². The molecule has 21 heavy (non-hydrogen) atoms. The van der Waals surface area contributed by atoms with Gasteiger partial charge in [-0.05, 0) is 25.0 Å². The second-order valence-electron chi connectivity index (χ2n) is 5.61. The van der Waals surface area contributed by atoms with Crippen molar-refractivity contribution >= 4 is 11.6 Å². The number of halogens is 2. The van der Waals surface area contributed by atoms with Crippen LogP contribution in [-0.4, -0.2) is 10.1 Å². The fraction of sp³-hybridized carbons (Fsp3) is 0.467. The average molecular weight is 310 g/mol. The lowest BCUT2D eigenvalue weighted by atomic mass is 9.82. The van der Waals surface area contributed by atoms with Gasteiger partial charge < -0.3 is 10.3 Å². The quantitative estimate of drug-likeness (QED) is 0.941. The zero-order valence-corrected chi connectivity index (χ0v) is 12.4. The van der Waals surface area contributed by atoms with Crippen LogP contribution in [0.4, 0.5) is 4.39 Å². The highest BCUT2D eigenvalue weighted by Gasteiger charge is 2.34. The average Bonchev–Trinajstić information content (AvgIpc) is 2.93. The fourth-order valence-electron chi connectivity index (χ4n) is 2.79. The molecule has 6 heteroatoms. The van der Waals surface area contributed by atoms with E-state index in [1.54, 1.807) is 12.1 Å². The van der Waals surface area contributed by atoms with Gasteiger partial charge in [-0.25, -0.2) is 4.39 Å². The summed E-state index contributed by atoms with van der Waals surface area (Å²) in [7, 11) is 0. The third-order valence-electron chi connectivity index (χ3n) is 4.05. The molecule has 4 nitrogen and oxygen atoms in total. The van der Waals surface area contributed by atoms with Crippen molar-refractivity contribution in [2.24, 2.45) is 5.73 Å². The van der Waals surface area contributed by atoms with E-state index in [2.05, 4.69) is 10.1 Å². The maximum Gasteiger partial charge on any atom is 0.231 e. The smallest absolute Gasteiger partial charge is 0.231 e. The normalized spacial score (nSPS) is 17.9. The van der Waals surface area contributed by atoms with Crippen LogP contribution in [0.15, 0.2) is 22.7 Å². The molecule has 1 aromatic heterocycles. The third-order valence-corrected chi connectivity index (χ3v) is 4.40. The predicted octanol–water partition coefficient (Wildman–Crippen LogP) is 3.57. The first-order chi connectivity index (χ1) is 10.1. The summed E-state index contributed by atoms with van der Waals surface area (Å²) in [5, 5.41) is 4.35.